The van der Waals surface area contributed by atoms with Crippen molar-refractivity contribution in [3.8, 4) is 0 Å². The second kappa shape index (κ2) is 18.3. The molecule has 5 aromatic carbocycles. The lowest BCUT2D eigenvalue weighted by Gasteiger charge is -2.31. The maximum atomic E-state index is 17.0. The number of carbonyl (C=O) groups excluding carboxylic acids is 3. The lowest BCUT2D eigenvalue weighted by molar-refractivity contribution is -0.146. The van der Waals surface area contributed by atoms with Crippen LogP contribution in [-0.4, -0.2) is 70.4 Å². The van der Waals surface area contributed by atoms with E-state index in [4.69, 9.17) is 14.9 Å². The predicted molar refractivity (Wildman–Crippen MR) is 262 cm³/mol. The topological polar surface area (TPSA) is 146 Å². The zero-order valence-corrected chi connectivity index (χ0v) is 39.3. The molecule has 0 saturated carbocycles. The Morgan fingerprint density at radius 3 is 1.93 bits per heavy atom. The third-order valence-electron chi connectivity index (χ3n) is 13.9. The molecule has 13 nitrogen and oxygen atoms in total. The van der Waals surface area contributed by atoms with Gasteiger partial charge in [-0.15, -0.1) is 5.10 Å². The average molecular weight is 929 g/mol. The van der Waals surface area contributed by atoms with Crippen LogP contribution in [0.5, 0.6) is 0 Å². The van der Waals surface area contributed by atoms with Gasteiger partial charge in [0.1, 0.15) is 0 Å². The molecule has 0 bridgehead atoms. The van der Waals surface area contributed by atoms with Crippen molar-refractivity contribution in [2.45, 2.75) is 88.4 Å². The molecule has 0 radical (unpaired) electrons. The van der Waals surface area contributed by atoms with Gasteiger partial charge in [0.15, 0.2) is 5.60 Å². The molecule has 346 valence electrons. The van der Waals surface area contributed by atoms with Crippen LogP contribution < -0.4 is 14.9 Å². The van der Waals surface area contributed by atoms with Crippen molar-refractivity contribution in [3.63, 3.8) is 0 Å². The van der Waals surface area contributed by atoms with E-state index in [0.29, 0.717) is 60.5 Å². The van der Waals surface area contributed by atoms with Crippen molar-refractivity contribution in [2.75, 3.05) is 21.5 Å². The molecule has 1 aromatic heterocycles. The largest absolute Gasteiger partial charge is 0.395 e. The molecule has 1 unspecified atom stereocenters. The number of anilines is 3. The fourth-order valence-corrected chi connectivity index (χ4v) is 13.1. The van der Waals surface area contributed by atoms with E-state index in [0.717, 1.165) is 33.7 Å². The Hall–Kier alpha value is -6.94. The van der Waals surface area contributed by atoms with Gasteiger partial charge < -0.3 is 18.9 Å². The van der Waals surface area contributed by atoms with Crippen LogP contribution in [0.2, 0.25) is 18.6 Å². The van der Waals surface area contributed by atoms with Gasteiger partial charge in [0.2, 0.25) is 20.2 Å². The van der Waals surface area contributed by atoms with Gasteiger partial charge in [-0.1, -0.05) is 115 Å². The first-order chi connectivity index (χ1) is 32.9. The van der Waals surface area contributed by atoms with Gasteiger partial charge in [-0.25, -0.2) is 10.0 Å². The maximum absolute atomic E-state index is 17.0. The summed E-state index contributed by atoms with van der Waals surface area (Å²) in [6.07, 6.45) is 3.11. The van der Waals surface area contributed by atoms with E-state index in [1.54, 1.807) is 34.9 Å². The van der Waals surface area contributed by atoms with E-state index in [1.807, 2.05) is 134 Å². The molecule has 15 heteroatoms. The zero-order chi connectivity index (χ0) is 47.2. The highest BCUT2D eigenvalue weighted by Crippen LogP contribution is 2.61. The minimum absolute atomic E-state index is 0.104. The van der Waals surface area contributed by atoms with E-state index >= 15 is 8.90 Å². The number of hydrazone groups is 2. The summed E-state index contributed by atoms with van der Waals surface area (Å²) in [6, 6.07) is 42.1. The standard InChI is InChI=1S/C53H53FN8O5Si/c1-35-51(68(2,3)54)48(29-30-59-33-46(55-58-59)42(34-63)37-13-7-4-8-14-37)67-53(35)43-31-41(62-50(65)28-25-45(57-62)39-17-11-6-12-18-39)23-26-47(43)60(52(53)66)32-36-19-21-40(22-20-36)61-49(64)27-24-44(56-61)38-15-9-5-10-16-38/h4-23,26,31,33,35,42,48,51,63H,24-25,27-30,32,34H2,1-3H3/t35-,42?,48+,51-,53+/m1/s1. The molecule has 1 saturated heterocycles. The number of carbonyl (C=O) groups is 3. The van der Waals surface area contributed by atoms with Gasteiger partial charge in [-0.2, -0.15) is 10.2 Å². The average Bonchev–Trinajstić information content (AvgIpc) is 4.02. The number of ether oxygens (including phenoxy) is 1. The van der Waals surface area contributed by atoms with Crippen LogP contribution in [0.3, 0.4) is 0 Å². The first-order valence-corrected chi connectivity index (χ1v) is 26.3. The summed E-state index contributed by atoms with van der Waals surface area (Å²) in [5, 5.41) is 31.6. The molecule has 1 spiro atoms. The number of aromatic nitrogens is 3. The van der Waals surface area contributed by atoms with Crippen molar-refractivity contribution in [3.05, 3.63) is 173 Å². The number of amides is 3. The summed E-state index contributed by atoms with van der Waals surface area (Å²) in [5.74, 6) is -1.56. The number of hydrogen-bond acceptors (Lipinski definition) is 9. The first-order valence-electron chi connectivity index (χ1n) is 23.3. The normalized spacial score (nSPS) is 22.2. The summed E-state index contributed by atoms with van der Waals surface area (Å²) < 4.78 is 25.8. The quantitative estimate of drug-likeness (QED) is 0.0900. The monoisotopic (exact) mass is 928 g/mol. The van der Waals surface area contributed by atoms with Crippen LogP contribution in [0.1, 0.15) is 78.5 Å². The van der Waals surface area contributed by atoms with E-state index in [-0.39, 0.29) is 43.2 Å². The van der Waals surface area contributed by atoms with Crippen LogP contribution in [0, 0.1) is 5.92 Å². The summed E-state index contributed by atoms with van der Waals surface area (Å²) in [5.41, 5.74) is 5.89. The summed E-state index contributed by atoms with van der Waals surface area (Å²) in [6.45, 7) is 5.61. The highest BCUT2D eigenvalue weighted by Gasteiger charge is 2.66. The summed E-state index contributed by atoms with van der Waals surface area (Å²) in [4.78, 5) is 44.1. The smallest absolute Gasteiger partial charge is 0.264 e. The summed E-state index contributed by atoms with van der Waals surface area (Å²) >= 11 is 0. The molecule has 1 fully saturated rings. The van der Waals surface area contributed by atoms with Crippen LogP contribution in [0.25, 0.3) is 0 Å². The van der Waals surface area contributed by atoms with Gasteiger partial charge in [0.25, 0.3) is 5.91 Å². The SMILES string of the molecule is C[C@@H]1[C@@H]([Si](C)(C)F)[C@H](CCn2cc(C(CO)c3ccccc3)nn2)O[C@@]12C(=O)N(Cc1ccc(N3N=C(c4ccccc4)CCC3=O)cc1)c1ccc(N3N=C(c4ccccc4)CCC3=O)cc12. The van der Waals surface area contributed by atoms with E-state index in [1.165, 1.54) is 10.0 Å². The molecule has 4 aliphatic rings. The molecule has 4 aliphatic heterocycles. The second-order valence-electron chi connectivity index (χ2n) is 18.6. The molecule has 10 rings (SSSR count). The van der Waals surface area contributed by atoms with Gasteiger partial charge >= 0.3 is 0 Å². The molecular formula is C53H53FN8O5Si. The van der Waals surface area contributed by atoms with Crippen LogP contribution in [-0.2, 0) is 37.8 Å². The molecule has 5 heterocycles. The number of hydrogen-bond donors (Lipinski definition) is 1. The number of nitrogens with zero attached hydrogens (tertiary/aromatic N) is 8. The Morgan fingerprint density at radius 1 is 0.765 bits per heavy atom. The zero-order valence-electron chi connectivity index (χ0n) is 38.3. The van der Waals surface area contributed by atoms with Gasteiger partial charge in [0, 0.05) is 55.4 Å². The summed E-state index contributed by atoms with van der Waals surface area (Å²) in [7, 11) is -3.55. The third-order valence-corrected chi connectivity index (χ3v) is 16.4. The van der Waals surface area contributed by atoms with Crippen molar-refractivity contribution in [1.29, 1.82) is 0 Å². The van der Waals surface area contributed by atoms with E-state index in [9.17, 15) is 14.7 Å². The number of aliphatic hydroxyl groups excluding tert-OH is 1. The minimum Gasteiger partial charge on any atom is -0.395 e. The highest BCUT2D eigenvalue weighted by molar-refractivity contribution is 6.72. The molecule has 5 atom stereocenters. The molecular weight excluding hydrogens is 876 g/mol. The molecule has 6 aromatic rings. The highest BCUT2D eigenvalue weighted by atomic mass is 28.4. The Kier molecular flexibility index (Phi) is 12.1. The van der Waals surface area contributed by atoms with Crippen molar-refractivity contribution < 1.29 is 28.3 Å². The molecule has 1 N–H and O–H groups in total. The van der Waals surface area contributed by atoms with Crippen molar-refractivity contribution >= 4 is 54.6 Å². The van der Waals surface area contributed by atoms with Crippen molar-refractivity contribution in [1.82, 2.24) is 15.0 Å². The van der Waals surface area contributed by atoms with Gasteiger partial charge in [-0.3, -0.25) is 19.1 Å². The van der Waals surface area contributed by atoms with E-state index < -0.39 is 31.6 Å². The van der Waals surface area contributed by atoms with Crippen LogP contribution >= 0.6 is 0 Å². The lowest BCUT2D eigenvalue weighted by Crippen LogP contribution is -2.45. The lowest BCUT2D eigenvalue weighted by atomic mass is 9.82. The van der Waals surface area contributed by atoms with Crippen LogP contribution in [0.4, 0.5) is 21.2 Å². The first kappa shape index (κ1) is 44.9. The van der Waals surface area contributed by atoms with Gasteiger partial charge in [0.05, 0.1) is 59.4 Å². The number of rotatable bonds is 13. The molecule has 0 aliphatic carbocycles. The Balaban J connectivity index is 0.990. The van der Waals surface area contributed by atoms with Crippen LogP contribution in [0.15, 0.2) is 150 Å². The number of halogens is 1. The number of fused-ring (bicyclic) bond motifs is 2. The molecule has 68 heavy (non-hydrogen) atoms. The van der Waals surface area contributed by atoms with E-state index in [2.05, 4.69) is 10.3 Å². The Morgan fingerprint density at radius 2 is 1.34 bits per heavy atom. The predicted octanol–water partition coefficient (Wildman–Crippen LogP) is 8.88. The Labute approximate surface area is 395 Å². The minimum atomic E-state index is -3.55. The molecule has 3 amide bonds. The number of benzene rings is 5. The second-order valence-corrected chi connectivity index (χ2v) is 22.4. The number of aliphatic hydroxyl groups is 1. The third kappa shape index (κ3) is 8.28. The Bertz CT molecular complexity index is 2910. The number of aryl methyl sites for hydroxylation is 1. The van der Waals surface area contributed by atoms with Gasteiger partial charge in [-0.05, 0) is 72.1 Å². The fourth-order valence-electron chi connectivity index (χ4n) is 10.6. The van der Waals surface area contributed by atoms with Crippen molar-refractivity contribution in [2.24, 2.45) is 16.1 Å². The fraction of sp³-hybridized carbons (Fsp3) is 0.302. The maximum Gasteiger partial charge on any atom is 0.264 e.